The number of rotatable bonds is 26. The van der Waals surface area contributed by atoms with Crippen LogP contribution in [-0.4, -0.2) is 148 Å². The summed E-state index contributed by atoms with van der Waals surface area (Å²) in [5, 5.41) is 39.6. The van der Waals surface area contributed by atoms with Gasteiger partial charge in [-0.2, -0.15) is 0 Å². The molecule has 0 saturated carbocycles. The van der Waals surface area contributed by atoms with E-state index in [0.29, 0.717) is 19.3 Å². The van der Waals surface area contributed by atoms with Crippen LogP contribution in [0.15, 0.2) is 4.99 Å². The summed E-state index contributed by atoms with van der Waals surface area (Å²) in [6.45, 7) is 2.54. The highest BCUT2D eigenvalue weighted by atomic mass is 16.4. The van der Waals surface area contributed by atoms with Crippen LogP contribution < -0.4 is 55.3 Å². The van der Waals surface area contributed by atoms with E-state index < -0.39 is 121 Å². The van der Waals surface area contributed by atoms with Gasteiger partial charge in [-0.25, -0.2) is 4.79 Å². The van der Waals surface area contributed by atoms with Crippen molar-refractivity contribution in [3.8, 4) is 0 Å². The Morgan fingerprint density at radius 2 is 1.35 bits per heavy atom. The molecule has 7 atom stereocenters. The number of carboxylic acid groups (broad SMARTS) is 2. The quantitative estimate of drug-likeness (QED) is 0.0220. The lowest BCUT2D eigenvalue weighted by Gasteiger charge is -2.30. The number of primary amides is 1. The van der Waals surface area contributed by atoms with Crippen LogP contribution in [0, 0.1) is 5.92 Å². The molecule has 0 aromatic carbocycles. The second kappa shape index (κ2) is 24.8. The molecule has 0 spiro atoms. The number of likely N-dealkylation sites (tertiary alicyclic amines) is 1. The van der Waals surface area contributed by atoms with E-state index in [2.05, 4.69) is 31.6 Å². The molecule has 1 fully saturated rings. The minimum atomic E-state index is -1.67. The van der Waals surface area contributed by atoms with Crippen LogP contribution in [0.3, 0.4) is 0 Å². The van der Waals surface area contributed by atoms with Crippen molar-refractivity contribution in [2.24, 2.45) is 39.6 Å². The summed E-state index contributed by atoms with van der Waals surface area (Å²) in [6, 6.07) is -9.95. The van der Waals surface area contributed by atoms with Gasteiger partial charge in [0.25, 0.3) is 0 Å². The molecule has 24 nitrogen and oxygen atoms in total. The third-order valence-electron chi connectivity index (χ3n) is 8.79. The molecule has 24 heteroatoms. The maximum atomic E-state index is 14.0. The second-order valence-electron chi connectivity index (χ2n) is 13.8. The number of aliphatic imine (C=N–C) groups is 1. The van der Waals surface area contributed by atoms with E-state index in [1.807, 2.05) is 0 Å². The molecule has 0 aliphatic carbocycles. The number of aliphatic carboxylic acids is 2. The maximum absolute atomic E-state index is 14.0. The molecular formula is C33H58N12O12. The lowest BCUT2D eigenvalue weighted by molar-refractivity contribution is -0.145. The Bertz CT molecular complexity index is 1470. The third-order valence-corrected chi connectivity index (χ3v) is 8.79. The van der Waals surface area contributed by atoms with Gasteiger partial charge in [0.15, 0.2) is 5.96 Å². The standard InChI is InChI=1S/C33H58N12O12/c1-16(2)25(44-26(50)17(35)13-24(48)49)30(54)42-20(14-23(36)47)28(52)40-18(7-3-4-10-34)27(51)41-19(8-5-11-39-33(37)38)31(55)45-12-6-9-22(45)29(53)43-21(15-46)32(56)57/h16-22,25,46H,3-15,34-35H2,1-2H3,(H2,36,47)(H,40,52)(H,41,51)(H,42,54)(H,43,53)(H,44,50)(H,48,49)(H,56,57)(H4,37,38,39)/t17-,18-,19-,20-,21-,22-,25-/m0/s1. The lowest BCUT2D eigenvalue weighted by Crippen LogP contribution is -2.60. The van der Waals surface area contributed by atoms with Crippen molar-refractivity contribution in [2.45, 2.75) is 114 Å². The highest BCUT2D eigenvalue weighted by Crippen LogP contribution is 2.20. The number of nitrogens with one attached hydrogen (secondary N) is 5. The van der Waals surface area contributed by atoms with E-state index in [0.717, 1.165) is 0 Å². The molecular weight excluding hydrogens is 756 g/mol. The van der Waals surface area contributed by atoms with Crippen molar-refractivity contribution >= 4 is 59.2 Å². The molecule has 57 heavy (non-hydrogen) atoms. The summed E-state index contributed by atoms with van der Waals surface area (Å²) in [7, 11) is 0. The van der Waals surface area contributed by atoms with Crippen molar-refractivity contribution < 1.29 is 58.5 Å². The molecule has 0 bridgehead atoms. The number of nitrogens with two attached hydrogens (primary N) is 5. The molecule has 1 rings (SSSR count). The van der Waals surface area contributed by atoms with E-state index in [1.165, 1.54) is 4.90 Å². The number of aliphatic hydroxyl groups is 1. The van der Waals surface area contributed by atoms with Gasteiger partial charge in [-0.1, -0.05) is 13.8 Å². The molecule has 7 amide bonds. The third kappa shape index (κ3) is 17.4. The number of carboxylic acids is 2. The van der Waals surface area contributed by atoms with Crippen LogP contribution in [0.2, 0.25) is 0 Å². The Morgan fingerprint density at radius 3 is 1.89 bits per heavy atom. The highest BCUT2D eigenvalue weighted by molar-refractivity contribution is 5.98. The van der Waals surface area contributed by atoms with Crippen LogP contribution in [0.4, 0.5) is 0 Å². The first-order chi connectivity index (χ1) is 26.7. The van der Waals surface area contributed by atoms with Crippen LogP contribution in [0.5, 0.6) is 0 Å². The Balaban J connectivity index is 3.38. The van der Waals surface area contributed by atoms with Gasteiger partial charge in [0.05, 0.1) is 25.5 Å². The number of aliphatic hydroxyl groups excluding tert-OH is 1. The van der Waals surface area contributed by atoms with Gasteiger partial charge in [-0.15, -0.1) is 0 Å². The SMILES string of the molecule is CC(C)[C@H](NC(=O)[C@@H](N)CC(=O)O)C(=O)N[C@@H](CC(N)=O)C(=O)N[C@@H](CCCCN)C(=O)N[C@@H](CCCN=C(N)N)C(=O)N1CCC[C@H]1C(=O)N[C@@H](CO)C(=O)O. The van der Waals surface area contributed by atoms with Crippen molar-refractivity contribution in [1.82, 2.24) is 31.5 Å². The summed E-state index contributed by atoms with van der Waals surface area (Å²) in [4.78, 5) is 120. The molecule has 1 heterocycles. The van der Waals surface area contributed by atoms with Crippen LogP contribution in [0.25, 0.3) is 0 Å². The average molecular weight is 815 g/mol. The smallest absolute Gasteiger partial charge is 0.328 e. The summed E-state index contributed by atoms with van der Waals surface area (Å²) in [5.74, 6) is -10.0. The highest BCUT2D eigenvalue weighted by Gasteiger charge is 2.40. The predicted molar refractivity (Wildman–Crippen MR) is 201 cm³/mol. The molecule has 1 saturated heterocycles. The zero-order valence-corrected chi connectivity index (χ0v) is 32.1. The number of carbonyl (C=O) groups excluding carboxylic acids is 7. The molecule has 1 aliphatic heterocycles. The fraction of sp³-hybridized carbons (Fsp3) is 0.697. The lowest BCUT2D eigenvalue weighted by atomic mass is 10.0. The maximum Gasteiger partial charge on any atom is 0.328 e. The van der Waals surface area contributed by atoms with Gasteiger partial charge < -0.3 is 75.5 Å². The minimum Gasteiger partial charge on any atom is -0.481 e. The fourth-order valence-electron chi connectivity index (χ4n) is 5.77. The summed E-state index contributed by atoms with van der Waals surface area (Å²) < 4.78 is 0. The Morgan fingerprint density at radius 1 is 0.754 bits per heavy atom. The van der Waals surface area contributed by atoms with E-state index in [4.69, 9.17) is 33.8 Å². The largest absolute Gasteiger partial charge is 0.481 e. The monoisotopic (exact) mass is 814 g/mol. The molecule has 0 aromatic rings. The number of hydrogen-bond acceptors (Lipinski definition) is 13. The summed E-state index contributed by atoms with van der Waals surface area (Å²) in [5.41, 5.74) is 27.5. The summed E-state index contributed by atoms with van der Waals surface area (Å²) >= 11 is 0. The van der Waals surface area contributed by atoms with Crippen molar-refractivity contribution in [3.05, 3.63) is 0 Å². The first-order valence-electron chi connectivity index (χ1n) is 18.4. The van der Waals surface area contributed by atoms with E-state index in [1.54, 1.807) is 13.8 Å². The number of carbonyl (C=O) groups is 9. The van der Waals surface area contributed by atoms with Gasteiger partial charge >= 0.3 is 11.9 Å². The zero-order valence-electron chi connectivity index (χ0n) is 32.1. The second-order valence-corrected chi connectivity index (χ2v) is 13.8. The Kier molecular flexibility index (Phi) is 21.5. The molecule has 0 unspecified atom stereocenters. The molecule has 0 radical (unpaired) electrons. The van der Waals surface area contributed by atoms with Gasteiger partial charge in [0, 0.05) is 13.1 Å². The molecule has 0 aromatic heterocycles. The normalized spacial score (nSPS) is 16.8. The van der Waals surface area contributed by atoms with Crippen molar-refractivity contribution in [3.63, 3.8) is 0 Å². The van der Waals surface area contributed by atoms with Gasteiger partial charge in [-0.05, 0) is 57.4 Å². The first-order valence-corrected chi connectivity index (χ1v) is 18.4. The number of amides is 7. The summed E-state index contributed by atoms with van der Waals surface area (Å²) in [6.07, 6.45) is -0.159. The van der Waals surface area contributed by atoms with Crippen molar-refractivity contribution in [2.75, 3.05) is 26.2 Å². The van der Waals surface area contributed by atoms with Gasteiger partial charge in [0.2, 0.25) is 41.4 Å². The minimum absolute atomic E-state index is 0.0282. The molecule has 322 valence electrons. The van der Waals surface area contributed by atoms with Gasteiger partial charge in [-0.3, -0.25) is 43.3 Å². The number of unbranched alkanes of at least 4 members (excludes halogenated alkanes) is 1. The Hall–Kier alpha value is -5.62. The van der Waals surface area contributed by atoms with E-state index >= 15 is 0 Å². The average Bonchev–Trinajstić information content (AvgIpc) is 3.62. The van der Waals surface area contributed by atoms with Crippen LogP contribution >= 0.6 is 0 Å². The predicted octanol–water partition coefficient (Wildman–Crippen LogP) is -6.01. The Labute approximate surface area is 328 Å². The molecule has 18 N–H and O–H groups in total. The van der Waals surface area contributed by atoms with E-state index in [9.17, 15) is 53.4 Å². The number of guanidine groups is 1. The molecule has 1 aliphatic rings. The topological polar surface area (TPSA) is 420 Å². The zero-order chi connectivity index (χ0) is 43.4. The van der Waals surface area contributed by atoms with Crippen LogP contribution in [0.1, 0.15) is 71.6 Å². The van der Waals surface area contributed by atoms with Gasteiger partial charge in [0.1, 0.15) is 36.3 Å². The van der Waals surface area contributed by atoms with E-state index in [-0.39, 0.29) is 51.3 Å². The number of nitrogens with zero attached hydrogens (tertiary/aromatic N) is 2. The fourth-order valence-corrected chi connectivity index (χ4v) is 5.77. The first kappa shape index (κ1) is 49.4. The van der Waals surface area contributed by atoms with Crippen molar-refractivity contribution in [1.29, 1.82) is 0 Å². The number of hydrogen-bond donors (Lipinski definition) is 13. The van der Waals surface area contributed by atoms with Crippen LogP contribution in [-0.2, 0) is 43.2 Å².